The number of nitrogens with one attached hydrogen (secondary N) is 1. The summed E-state index contributed by atoms with van der Waals surface area (Å²) in [5.74, 6) is 1.76. The predicted molar refractivity (Wildman–Crippen MR) is 90.6 cm³/mol. The van der Waals surface area contributed by atoms with E-state index in [1.807, 2.05) is 24.9 Å². The van der Waals surface area contributed by atoms with Crippen LogP contribution in [0.3, 0.4) is 0 Å². The number of hydrogen-bond donors (Lipinski definition) is 1. The Morgan fingerprint density at radius 2 is 2.33 bits per heavy atom. The van der Waals surface area contributed by atoms with Crippen molar-refractivity contribution >= 4 is 11.9 Å². The molecule has 6 heteroatoms. The van der Waals surface area contributed by atoms with Crippen molar-refractivity contribution in [3.63, 3.8) is 0 Å². The molecule has 1 aromatic heterocycles. The molecule has 3 aliphatic rings. The zero-order valence-electron chi connectivity index (χ0n) is 14.5. The lowest BCUT2D eigenvalue weighted by molar-refractivity contribution is -0.133. The summed E-state index contributed by atoms with van der Waals surface area (Å²) in [6, 6.07) is 0. The van der Waals surface area contributed by atoms with Gasteiger partial charge in [-0.25, -0.2) is 9.97 Å². The van der Waals surface area contributed by atoms with E-state index in [2.05, 4.69) is 10.3 Å². The van der Waals surface area contributed by atoms with E-state index in [0.29, 0.717) is 19.8 Å². The third-order valence-corrected chi connectivity index (χ3v) is 5.41. The number of likely N-dealkylation sites (tertiary alicyclic amines) is 1. The Balaban J connectivity index is 1.57. The fourth-order valence-electron chi connectivity index (χ4n) is 3.78. The van der Waals surface area contributed by atoms with Crippen LogP contribution >= 0.6 is 0 Å². The van der Waals surface area contributed by atoms with E-state index in [4.69, 9.17) is 9.72 Å². The first-order valence-corrected chi connectivity index (χ1v) is 9.04. The molecule has 1 spiro atoms. The number of fused-ring (bicyclic) bond motifs is 2. The zero-order valence-corrected chi connectivity index (χ0v) is 14.5. The number of anilines is 1. The van der Waals surface area contributed by atoms with Gasteiger partial charge in [-0.3, -0.25) is 4.79 Å². The molecule has 24 heavy (non-hydrogen) atoms. The Hall–Kier alpha value is -1.69. The molecule has 3 heterocycles. The van der Waals surface area contributed by atoms with Crippen molar-refractivity contribution in [2.24, 2.45) is 11.8 Å². The highest BCUT2D eigenvalue weighted by molar-refractivity contribution is 5.78. The fourth-order valence-corrected chi connectivity index (χ4v) is 3.78. The van der Waals surface area contributed by atoms with Crippen LogP contribution < -0.4 is 5.32 Å². The van der Waals surface area contributed by atoms with Crippen molar-refractivity contribution in [2.45, 2.75) is 45.1 Å². The second-order valence-electron chi connectivity index (χ2n) is 7.83. The van der Waals surface area contributed by atoms with Gasteiger partial charge in [-0.15, -0.1) is 0 Å². The average Bonchev–Trinajstić information content (AvgIpc) is 3.32. The van der Waals surface area contributed by atoms with Gasteiger partial charge in [-0.05, 0) is 25.2 Å². The minimum atomic E-state index is -0.170. The summed E-state index contributed by atoms with van der Waals surface area (Å²) in [5, 5.41) is 3.37. The van der Waals surface area contributed by atoms with Gasteiger partial charge in [0.1, 0.15) is 0 Å². The summed E-state index contributed by atoms with van der Waals surface area (Å²) >= 11 is 0. The number of nitrogens with zero attached hydrogens (tertiary/aromatic N) is 3. The van der Waals surface area contributed by atoms with Crippen LogP contribution in [0, 0.1) is 11.8 Å². The van der Waals surface area contributed by atoms with Crippen LogP contribution in [-0.2, 0) is 21.6 Å². The number of amides is 1. The largest absolute Gasteiger partial charge is 0.376 e. The van der Waals surface area contributed by atoms with Crippen molar-refractivity contribution in [2.75, 3.05) is 31.6 Å². The molecule has 130 valence electrons. The van der Waals surface area contributed by atoms with Crippen molar-refractivity contribution in [3.8, 4) is 0 Å². The van der Waals surface area contributed by atoms with Gasteiger partial charge in [0.25, 0.3) is 0 Å². The van der Waals surface area contributed by atoms with Gasteiger partial charge < -0.3 is 15.0 Å². The molecule has 1 saturated heterocycles. The summed E-state index contributed by atoms with van der Waals surface area (Å²) in [4.78, 5) is 23.6. The Morgan fingerprint density at radius 3 is 3.08 bits per heavy atom. The van der Waals surface area contributed by atoms with Crippen molar-refractivity contribution in [3.05, 3.63) is 17.5 Å². The third kappa shape index (κ3) is 2.88. The summed E-state index contributed by atoms with van der Waals surface area (Å²) in [6.45, 7) is 7.57. The highest BCUT2D eigenvalue weighted by Gasteiger charge is 2.46. The van der Waals surface area contributed by atoms with Gasteiger partial charge in [-0.1, -0.05) is 13.8 Å². The van der Waals surface area contributed by atoms with Crippen LogP contribution in [0.25, 0.3) is 0 Å². The van der Waals surface area contributed by atoms with Crippen molar-refractivity contribution in [1.29, 1.82) is 0 Å². The summed E-state index contributed by atoms with van der Waals surface area (Å²) in [6.07, 6.45) is 5.42. The molecule has 1 aromatic rings. The van der Waals surface area contributed by atoms with Gasteiger partial charge in [0, 0.05) is 37.3 Å². The maximum atomic E-state index is 12.4. The predicted octanol–water partition coefficient (Wildman–Crippen LogP) is 1.95. The van der Waals surface area contributed by atoms with Crippen molar-refractivity contribution < 1.29 is 9.53 Å². The first-order chi connectivity index (χ1) is 11.6. The zero-order chi connectivity index (χ0) is 16.7. The van der Waals surface area contributed by atoms with Crippen LogP contribution in [0.15, 0.2) is 6.20 Å². The molecular weight excluding hydrogens is 304 g/mol. The number of carbonyl (C=O) groups excluding carboxylic acids is 1. The third-order valence-electron chi connectivity index (χ3n) is 5.41. The van der Waals surface area contributed by atoms with Crippen LogP contribution in [0.2, 0.25) is 0 Å². The maximum absolute atomic E-state index is 12.4. The molecule has 2 aliphatic heterocycles. The lowest BCUT2D eigenvalue weighted by atomic mass is 9.80. The van der Waals surface area contributed by atoms with Gasteiger partial charge in [0.2, 0.25) is 11.9 Å². The quantitative estimate of drug-likeness (QED) is 0.914. The Kier molecular flexibility index (Phi) is 3.95. The lowest BCUT2D eigenvalue weighted by Crippen LogP contribution is -2.42. The molecular formula is C18H26N4O2. The second-order valence-corrected chi connectivity index (χ2v) is 7.83. The second kappa shape index (κ2) is 5.99. The monoisotopic (exact) mass is 330 g/mol. The van der Waals surface area contributed by atoms with E-state index in [-0.39, 0.29) is 17.2 Å². The Bertz CT molecular complexity index is 644. The van der Waals surface area contributed by atoms with Gasteiger partial charge >= 0.3 is 0 Å². The molecule has 1 unspecified atom stereocenters. The summed E-state index contributed by atoms with van der Waals surface area (Å²) < 4.78 is 5.83. The van der Waals surface area contributed by atoms with Crippen LogP contribution in [-0.4, -0.2) is 47.0 Å². The topological polar surface area (TPSA) is 67.4 Å². The van der Waals surface area contributed by atoms with Crippen molar-refractivity contribution in [1.82, 2.24) is 14.9 Å². The minimum Gasteiger partial charge on any atom is -0.376 e. The van der Waals surface area contributed by atoms with E-state index in [1.54, 1.807) is 0 Å². The molecule has 0 bridgehead atoms. The van der Waals surface area contributed by atoms with Crippen LogP contribution in [0.4, 0.5) is 5.95 Å². The molecule has 0 radical (unpaired) electrons. The van der Waals surface area contributed by atoms with Gasteiger partial charge in [0.15, 0.2) is 0 Å². The summed E-state index contributed by atoms with van der Waals surface area (Å²) in [5.41, 5.74) is 1.98. The van der Waals surface area contributed by atoms with E-state index < -0.39 is 0 Å². The first-order valence-electron chi connectivity index (χ1n) is 9.04. The fraction of sp³-hybridized carbons (Fsp3) is 0.722. The molecule has 0 aromatic carbocycles. The molecule has 1 atom stereocenters. The normalized spacial score (nSPS) is 26.0. The van der Waals surface area contributed by atoms with Crippen LogP contribution in [0.1, 0.15) is 44.4 Å². The number of aromatic nitrogens is 2. The SMILES string of the molecule is CC(C)C(=O)N1CCC2(COCc3cnc(NCC4CC4)nc32)C1. The number of rotatable bonds is 4. The molecule has 4 rings (SSSR count). The first kappa shape index (κ1) is 15.8. The molecule has 1 aliphatic carbocycles. The number of hydrogen-bond acceptors (Lipinski definition) is 5. The van der Waals surface area contributed by atoms with E-state index >= 15 is 0 Å². The standard InChI is InChI=1S/C18H26N4O2/c1-12(2)16(23)22-6-5-18(10-22)11-24-9-14-8-20-17(21-15(14)18)19-7-13-3-4-13/h8,12-13H,3-7,9-11H2,1-2H3,(H,19,20,21). The molecule has 1 N–H and O–H groups in total. The molecule has 1 amide bonds. The number of carbonyl (C=O) groups is 1. The van der Waals surface area contributed by atoms with Gasteiger partial charge in [0.05, 0.1) is 24.3 Å². The molecule has 2 fully saturated rings. The van der Waals surface area contributed by atoms with E-state index in [9.17, 15) is 4.79 Å². The Morgan fingerprint density at radius 1 is 1.50 bits per heavy atom. The average molecular weight is 330 g/mol. The minimum absolute atomic E-state index is 0.0327. The van der Waals surface area contributed by atoms with E-state index in [1.165, 1.54) is 12.8 Å². The molecule has 6 nitrogen and oxygen atoms in total. The smallest absolute Gasteiger partial charge is 0.225 e. The van der Waals surface area contributed by atoms with Crippen LogP contribution in [0.5, 0.6) is 0 Å². The Labute approximate surface area is 143 Å². The maximum Gasteiger partial charge on any atom is 0.225 e. The molecule has 1 saturated carbocycles. The lowest BCUT2D eigenvalue weighted by Gasteiger charge is -2.34. The highest BCUT2D eigenvalue weighted by atomic mass is 16.5. The number of ether oxygens (including phenoxy) is 1. The van der Waals surface area contributed by atoms with Gasteiger partial charge in [-0.2, -0.15) is 0 Å². The van der Waals surface area contributed by atoms with E-state index in [0.717, 1.165) is 42.6 Å². The summed E-state index contributed by atoms with van der Waals surface area (Å²) in [7, 11) is 0. The highest BCUT2D eigenvalue weighted by Crippen LogP contribution is 2.39.